The summed E-state index contributed by atoms with van der Waals surface area (Å²) in [5, 5.41) is 0. The number of carbonyl (C=O) groups is 1. The molecule has 2 aromatic carbocycles. The van der Waals surface area contributed by atoms with Crippen molar-refractivity contribution >= 4 is 5.91 Å². The topological polar surface area (TPSA) is 48.0 Å². The molecule has 0 radical (unpaired) electrons. The average molecular weight is 383 g/mol. The van der Waals surface area contributed by atoms with E-state index in [1.165, 1.54) is 0 Å². The highest BCUT2D eigenvalue weighted by molar-refractivity contribution is 5.95. The van der Waals surface area contributed by atoms with E-state index in [9.17, 15) is 4.79 Å². The summed E-state index contributed by atoms with van der Waals surface area (Å²) in [5.74, 6) is 2.51. The van der Waals surface area contributed by atoms with Crippen LogP contribution >= 0.6 is 0 Å². The van der Waals surface area contributed by atoms with Gasteiger partial charge in [-0.2, -0.15) is 0 Å². The van der Waals surface area contributed by atoms with E-state index in [0.29, 0.717) is 42.2 Å². The lowest BCUT2D eigenvalue weighted by molar-refractivity contribution is 0.0729. The number of methoxy groups -OCH3 is 2. The average Bonchev–Trinajstić information content (AvgIpc) is 3.55. The van der Waals surface area contributed by atoms with Gasteiger partial charge in [-0.15, -0.1) is 0 Å². The van der Waals surface area contributed by atoms with Crippen LogP contribution in [0.3, 0.4) is 0 Å². The Morgan fingerprint density at radius 3 is 2.32 bits per heavy atom. The highest BCUT2D eigenvalue weighted by Gasteiger charge is 2.33. The maximum absolute atomic E-state index is 13.2. The molecule has 2 aromatic rings. The fourth-order valence-corrected chi connectivity index (χ4v) is 3.02. The molecule has 1 aliphatic rings. The molecule has 1 amide bonds. The molecule has 0 aliphatic heterocycles. The van der Waals surface area contributed by atoms with Gasteiger partial charge in [0.2, 0.25) is 0 Å². The Kier molecular flexibility index (Phi) is 6.45. The fourth-order valence-electron chi connectivity index (χ4n) is 3.02. The second-order valence-electron chi connectivity index (χ2n) is 7.58. The van der Waals surface area contributed by atoms with Crippen LogP contribution in [-0.4, -0.2) is 37.7 Å². The van der Waals surface area contributed by atoms with E-state index in [4.69, 9.17) is 14.2 Å². The summed E-state index contributed by atoms with van der Waals surface area (Å²) >= 11 is 0. The predicted molar refractivity (Wildman–Crippen MR) is 109 cm³/mol. The molecule has 0 bridgehead atoms. The van der Waals surface area contributed by atoms with Crippen LogP contribution in [0.1, 0.15) is 42.6 Å². The number of benzene rings is 2. The number of nitrogens with zero attached hydrogens (tertiary/aromatic N) is 1. The van der Waals surface area contributed by atoms with Gasteiger partial charge in [0.25, 0.3) is 5.91 Å². The first-order chi connectivity index (χ1) is 13.5. The summed E-state index contributed by atoms with van der Waals surface area (Å²) in [4.78, 5) is 15.2. The molecule has 5 nitrogen and oxygen atoms in total. The number of hydrogen-bond donors (Lipinski definition) is 0. The second-order valence-corrected chi connectivity index (χ2v) is 7.58. The van der Waals surface area contributed by atoms with Gasteiger partial charge in [0, 0.05) is 18.2 Å². The molecular formula is C23H29NO4. The van der Waals surface area contributed by atoms with E-state index in [1.54, 1.807) is 20.3 Å². The summed E-state index contributed by atoms with van der Waals surface area (Å²) in [5.41, 5.74) is 1.71. The van der Waals surface area contributed by atoms with E-state index in [0.717, 1.165) is 24.2 Å². The Morgan fingerprint density at radius 1 is 1.04 bits per heavy atom. The molecule has 1 fully saturated rings. The van der Waals surface area contributed by atoms with Gasteiger partial charge >= 0.3 is 0 Å². The largest absolute Gasteiger partial charge is 0.497 e. The first-order valence-corrected chi connectivity index (χ1v) is 9.76. The van der Waals surface area contributed by atoms with Crippen LogP contribution in [0.5, 0.6) is 17.2 Å². The molecule has 1 saturated carbocycles. The molecule has 5 heteroatoms. The lowest BCUT2D eigenvalue weighted by Gasteiger charge is -2.23. The third-order valence-corrected chi connectivity index (χ3v) is 4.74. The van der Waals surface area contributed by atoms with Gasteiger partial charge < -0.3 is 19.1 Å². The van der Waals surface area contributed by atoms with Crippen LogP contribution in [-0.2, 0) is 6.54 Å². The van der Waals surface area contributed by atoms with Gasteiger partial charge in [0.05, 0.1) is 20.8 Å². The Hall–Kier alpha value is -2.69. The minimum absolute atomic E-state index is 0.0204. The summed E-state index contributed by atoms with van der Waals surface area (Å²) in [7, 11) is 3.25. The molecule has 28 heavy (non-hydrogen) atoms. The van der Waals surface area contributed by atoms with Gasteiger partial charge in [0.1, 0.15) is 5.75 Å². The summed E-state index contributed by atoms with van der Waals surface area (Å²) < 4.78 is 16.5. The van der Waals surface area contributed by atoms with E-state index in [-0.39, 0.29) is 5.91 Å². The van der Waals surface area contributed by atoms with E-state index < -0.39 is 0 Å². The van der Waals surface area contributed by atoms with Crippen molar-refractivity contribution in [1.29, 1.82) is 0 Å². The van der Waals surface area contributed by atoms with Gasteiger partial charge in [-0.1, -0.05) is 26.0 Å². The zero-order valence-corrected chi connectivity index (χ0v) is 17.1. The quantitative estimate of drug-likeness (QED) is 0.638. The minimum Gasteiger partial charge on any atom is -0.497 e. The van der Waals surface area contributed by atoms with Crippen molar-refractivity contribution in [2.24, 2.45) is 5.92 Å². The van der Waals surface area contributed by atoms with Gasteiger partial charge in [-0.05, 0) is 54.7 Å². The van der Waals surface area contributed by atoms with E-state index >= 15 is 0 Å². The van der Waals surface area contributed by atoms with Crippen molar-refractivity contribution in [2.45, 2.75) is 39.3 Å². The monoisotopic (exact) mass is 383 g/mol. The third-order valence-electron chi connectivity index (χ3n) is 4.74. The smallest absolute Gasteiger partial charge is 0.254 e. The molecule has 0 aromatic heterocycles. The lowest BCUT2D eigenvalue weighted by atomic mass is 10.1. The van der Waals surface area contributed by atoms with E-state index in [1.807, 2.05) is 41.3 Å². The highest BCUT2D eigenvalue weighted by atomic mass is 16.5. The molecule has 0 saturated heterocycles. The number of rotatable bonds is 9. The Labute approximate surface area is 167 Å². The molecule has 0 heterocycles. The van der Waals surface area contributed by atoms with Crippen molar-refractivity contribution in [1.82, 2.24) is 4.90 Å². The molecule has 3 rings (SSSR count). The zero-order valence-electron chi connectivity index (χ0n) is 17.1. The molecule has 150 valence electrons. The highest BCUT2D eigenvalue weighted by Crippen LogP contribution is 2.33. The van der Waals surface area contributed by atoms with Crippen molar-refractivity contribution in [3.05, 3.63) is 53.6 Å². The molecule has 0 N–H and O–H groups in total. The van der Waals surface area contributed by atoms with Crippen molar-refractivity contribution in [3.8, 4) is 17.2 Å². The fraction of sp³-hybridized carbons (Fsp3) is 0.435. The van der Waals surface area contributed by atoms with Crippen LogP contribution in [0.25, 0.3) is 0 Å². The molecule has 0 unspecified atom stereocenters. The summed E-state index contributed by atoms with van der Waals surface area (Å²) in [6.07, 6.45) is 2.10. The van der Waals surface area contributed by atoms with E-state index in [2.05, 4.69) is 13.8 Å². The lowest BCUT2D eigenvalue weighted by Crippen LogP contribution is -2.32. The van der Waals surface area contributed by atoms with Crippen molar-refractivity contribution < 1.29 is 19.0 Å². The third kappa shape index (κ3) is 4.97. The Bertz CT molecular complexity index is 797. The number of carbonyl (C=O) groups excluding carboxylic acids is 1. The predicted octanol–water partition coefficient (Wildman–Crippen LogP) is 4.54. The summed E-state index contributed by atoms with van der Waals surface area (Å²) in [6.45, 7) is 5.38. The molecule has 0 spiro atoms. The number of ether oxygens (including phenoxy) is 3. The zero-order chi connectivity index (χ0) is 20.1. The van der Waals surface area contributed by atoms with Gasteiger partial charge in [0.15, 0.2) is 11.5 Å². The minimum atomic E-state index is 0.0204. The van der Waals surface area contributed by atoms with Gasteiger partial charge in [-0.25, -0.2) is 0 Å². The number of amides is 1. The van der Waals surface area contributed by atoms with Crippen LogP contribution in [0.4, 0.5) is 0 Å². The number of hydrogen-bond acceptors (Lipinski definition) is 4. The second kappa shape index (κ2) is 9.00. The van der Waals surface area contributed by atoms with Gasteiger partial charge in [-0.3, -0.25) is 4.79 Å². The summed E-state index contributed by atoms with van der Waals surface area (Å²) in [6, 6.07) is 13.6. The Balaban J connectivity index is 1.77. The Morgan fingerprint density at radius 2 is 1.75 bits per heavy atom. The molecule has 1 aliphatic carbocycles. The molecular weight excluding hydrogens is 354 g/mol. The van der Waals surface area contributed by atoms with Crippen molar-refractivity contribution in [2.75, 3.05) is 20.8 Å². The van der Waals surface area contributed by atoms with Crippen LogP contribution in [0.15, 0.2) is 42.5 Å². The van der Waals surface area contributed by atoms with Crippen LogP contribution < -0.4 is 14.2 Å². The SMILES string of the molecule is COc1ccc(CN(C(=O)c2ccc(OCC(C)C)c(OC)c2)C2CC2)cc1. The standard InChI is InChI=1S/C23H29NO4/c1-16(2)15-28-21-12-7-18(13-22(21)27-4)23(25)24(19-8-9-19)14-17-5-10-20(26-3)11-6-17/h5-7,10-13,16,19H,8-9,14-15H2,1-4H3. The maximum Gasteiger partial charge on any atom is 0.254 e. The first-order valence-electron chi connectivity index (χ1n) is 9.76. The maximum atomic E-state index is 13.2. The molecule has 0 atom stereocenters. The van der Waals surface area contributed by atoms with Crippen LogP contribution in [0, 0.1) is 5.92 Å². The first kappa shape index (κ1) is 20.1. The van der Waals surface area contributed by atoms with Crippen molar-refractivity contribution in [3.63, 3.8) is 0 Å². The normalized spacial score (nSPS) is 13.3. The van der Waals surface area contributed by atoms with Crippen LogP contribution in [0.2, 0.25) is 0 Å².